The Labute approximate surface area is 265 Å². The number of aliphatic hydroxyl groups is 1. The minimum Gasteiger partial charge on any atom is -0.392 e. The van der Waals surface area contributed by atoms with Gasteiger partial charge in [-0.25, -0.2) is 4.79 Å². The van der Waals surface area contributed by atoms with Crippen LogP contribution in [-0.2, 0) is 22.6 Å². The lowest BCUT2D eigenvalue weighted by Crippen LogP contribution is -2.61. The minimum absolute atomic E-state index is 0.0137. The fourth-order valence-corrected chi connectivity index (χ4v) is 9.62. The summed E-state index contributed by atoms with van der Waals surface area (Å²) in [5.74, 6) is 3.36. The molecule has 1 heterocycles. The maximum Gasteiger partial charge on any atom is 0.315 e. The minimum atomic E-state index is -0.503. The zero-order valence-electron chi connectivity index (χ0n) is 25.5. The molecule has 1 aliphatic heterocycles. The van der Waals surface area contributed by atoms with Crippen LogP contribution in [0.4, 0.5) is 4.79 Å². The molecule has 3 aromatic rings. The molecular weight excluding hydrogens is 568 g/mol. The predicted molar refractivity (Wildman–Crippen MR) is 173 cm³/mol. The Morgan fingerprint density at radius 2 is 1.45 bits per heavy atom. The normalized spacial score (nSPS) is 32.4. The second-order valence-electron chi connectivity index (χ2n) is 13.7. The van der Waals surface area contributed by atoms with Gasteiger partial charge < -0.3 is 25.2 Å². The molecule has 0 unspecified atom stereocenters. The summed E-state index contributed by atoms with van der Waals surface area (Å²) in [5.41, 5.74) is 4.00. The summed E-state index contributed by atoms with van der Waals surface area (Å²) in [7, 11) is 0. The number of urea groups is 1. The van der Waals surface area contributed by atoms with E-state index in [2.05, 4.69) is 78.2 Å². The number of ether oxygens (including phenoxy) is 2. The number of carbonyl (C=O) groups is 1. The van der Waals surface area contributed by atoms with Crippen LogP contribution in [0.1, 0.15) is 80.1 Å². The molecule has 3 N–H and O–H groups in total. The van der Waals surface area contributed by atoms with E-state index >= 15 is 0 Å². The first kappa shape index (κ1) is 29.8. The summed E-state index contributed by atoms with van der Waals surface area (Å²) in [6, 6.07) is 26.7. The lowest BCUT2D eigenvalue weighted by molar-refractivity contribution is -0.268. The fraction of sp³-hybridized carbons (Fsp3) is 0.486. The molecule has 4 saturated carbocycles. The van der Waals surface area contributed by atoms with E-state index in [9.17, 15) is 9.90 Å². The van der Waals surface area contributed by atoms with Crippen LogP contribution >= 0.6 is 11.8 Å². The lowest BCUT2D eigenvalue weighted by Gasteiger charge is -2.56. The number of aliphatic hydroxyl groups excluding tert-OH is 1. The van der Waals surface area contributed by atoms with Crippen molar-refractivity contribution in [3.05, 3.63) is 101 Å². The van der Waals surface area contributed by atoms with Crippen molar-refractivity contribution in [1.29, 1.82) is 0 Å². The standard InChI is InChI=1S/C37H44N2O4S/c1-24-33(23-44-32-5-3-2-4-6-32)42-35(43-34(24)30-11-9-26(22-40)10-12-30)31-13-7-25(8-14-31)21-38-36(41)39-37-18-27-15-28(19-37)17-29(16-27)20-37/h2-14,24,27-29,33-35,40H,15-23H2,1H3,(H2,38,39,41)/t24-,27?,28?,29?,33+,34+,35+,37?/m1/s1. The second kappa shape index (κ2) is 12.9. The Morgan fingerprint density at radius 1 is 0.841 bits per heavy atom. The van der Waals surface area contributed by atoms with Crippen molar-refractivity contribution in [2.24, 2.45) is 23.7 Å². The number of hydrogen-bond acceptors (Lipinski definition) is 5. The number of hydrogen-bond donors (Lipinski definition) is 3. The largest absolute Gasteiger partial charge is 0.392 e. The molecule has 0 radical (unpaired) electrons. The molecule has 5 aliphatic rings. The van der Waals surface area contributed by atoms with Crippen LogP contribution in [0.15, 0.2) is 83.8 Å². The van der Waals surface area contributed by atoms with Crippen molar-refractivity contribution in [3.8, 4) is 0 Å². The van der Waals surface area contributed by atoms with Gasteiger partial charge in [0.2, 0.25) is 0 Å². The molecule has 4 aliphatic carbocycles. The van der Waals surface area contributed by atoms with Crippen molar-refractivity contribution in [1.82, 2.24) is 10.6 Å². The third kappa shape index (κ3) is 6.57. The van der Waals surface area contributed by atoms with Crippen LogP contribution in [0.25, 0.3) is 0 Å². The Balaban J connectivity index is 1.00. The molecule has 5 fully saturated rings. The third-order valence-electron chi connectivity index (χ3n) is 10.4. The maximum absolute atomic E-state index is 13.0. The lowest BCUT2D eigenvalue weighted by atomic mass is 9.53. The summed E-state index contributed by atoms with van der Waals surface area (Å²) in [6.45, 7) is 2.70. The molecule has 8 rings (SSSR count). The van der Waals surface area contributed by atoms with Crippen molar-refractivity contribution in [3.63, 3.8) is 0 Å². The van der Waals surface area contributed by atoms with Gasteiger partial charge in [-0.1, -0.05) is 73.7 Å². The summed E-state index contributed by atoms with van der Waals surface area (Å²) >= 11 is 1.80. The summed E-state index contributed by atoms with van der Waals surface area (Å²) < 4.78 is 13.2. The number of amides is 2. The highest BCUT2D eigenvalue weighted by Gasteiger charge is 2.51. The van der Waals surface area contributed by atoms with Gasteiger partial charge in [-0.05, 0) is 85.1 Å². The molecule has 7 heteroatoms. The molecule has 0 aromatic heterocycles. The third-order valence-corrected chi connectivity index (χ3v) is 11.5. The van der Waals surface area contributed by atoms with Crippen LogP contribution in [0, 0.1) is 23.7 Å². The van der Waals surface area contributed by atoms with Crippen LogP contribution in [0.2, 0.25) is 0 Å². The molecule has 4 bridgehead atoms. The quantitative estimate of drug-likeness (QED) is 0.218. The maximum atomic E-state index is 13.0. The van der Waals surface area contributed by atoms with Gasteiger partial charge in [0.1, 0.15) is 0 Å². The van der Waals surface area contributed by atoms with Crippen LogP contribution < -0.4 is 10.6 Å². The Morgan fingerprint density at radius 3 is 2.09 bits per heavy atom. The van der Waals surface area contributed by atoms with E-state index < -0.39 is 6.29 Å². The molecule has 0 spiro atoms. The van der Waals surface area contributed by atoms with Gasteiger partial charge in [-0.3, -0.25) is 0 Å². The molecule has 44 heavy (non-hydrogen) atoms. The van der Waals surface area contributed by atoms with E-state index in [0.717, 1.165) is 65.0 Å². The zero-order chi connectivity index (χ0) is 30.1. The van der Waals surface area contributed by atoms with E-state index in [1.165, 1.54) is 24.2 Å². The van der Waals surface area contributed by atoms with Crippen LogP contribution in [0.5, 0.6) is 0 Å². The molecule has 2 amide bonds. The smallest absolute Gasteiger partial charge is 0.315 e. The van der Waals surface area contributed by atoms with E-state index in [4.69, 9.17) is 9.47 Å². The number of thioether (sulfide) groups is 1. The van der Waals surface area contributed by atoms with Gasteiger partial charge in [0.15, 0.2) is 6.29 Å². The van der Waals surface area contributed by atoms with Crippen molar-refractivity contribution in [2.75, 3.05) is 5.75 Å². The first-order valence-electron chi connectivity index (χ1n) is 16.3. The average molecular weight is 613 g/mol. The molecule has 1 saturated heterocycles. The highest BCUT2D eigenvalue weighted by Crippen LogP contribution is 2.55. The topological polar surface area (TPSA) is 79.8 Å². The highest BCUT2D eigenvalue weighted by molar-refractivity contribution is 7.99. The van der Waals surface area contributed by atoms with Gasteiger partial charge in [0.05, 0.1) is 18.8 Å². The van der Waals surface area contributed by atoms with Crippen molar-refractivity contribution < 1.29 is 19.4 Å². The van der Waals surface area contributed by atoms with E-state index in [0.29, 0.717) is 6.54 Å². The number of benzene rings is 3. The molecule has 6 nitrogen and oxygen atoms in total. The van der Waals surface area contributed by atoms with Crippen LogP contribution in [-0.4, -0.2) is 28.5 Å². The van der Waals surface area contributed by atoms with Gasteiger partial charge in [-0.2, -0.15) is 0 Å². The Bertz CT molecular complexity index is 1380. The fourth-order valence-electron chi connectivity index (χ4n) is 8.53. The highest BCUT2D eigenvalue weighted by atomic mass is 32.2. The second-order valence-corrected chi connectivity index (χ2v) is 14.8. The van der Waals surface area contributed by atoms with Crippen molar-refractivity contribution >= 4 is 17.8 Å². The predicted octanol–water partition coefficient (Wildman–Crippen LogP) is 7.53. The monoisotopic (exact) mass is 612 g/mol. The first-order valence-corrected chi connectivity index (χ1v) is 17.3. The van der Waals surface area contributed by atoms with Gasteiger partial charge in [0, 0.05) is 34.2 Å². The Kier molecular flexibility index (Phi) is 8.73. The zero-order valence-corrected chi connectivity index (χ0v) is 26.3. The molecular formula is C37H44N2O4S. The molecule has 232 valence electrons. The molecule has 3 aromatic carbocycles. The SMILES string of the molecule is C[C@@H]1[C@H](CSc2ccccc2)O[C@H](c2ccc(CNC(=O)NC34CC5CC(CC(C5)C3)C4)cc2)O[C@@H]1c1ccc(CO)cc1. The van der Waals surface area contributed by atoms with E-state index in [-0.39, 0.29) is 36.3 Å². The van der Waals surface area contributed by atoms with Crippen LogP contribution in [0.3, 0.4) is 0 Å². The van der Waals surface area contributed by atoms with Gasteiger partial charge in [-0.15, -0.1) is 11.8 Å². The number of nitrogens with one attached hydrogen (secondary N) is 2. The first-order chi connectivity index (χ1) is 21.4. The number of carbonyl (C=O) groups excluding carboxylic acids is 1. The molecule has 4 atom stereocenters. The average Bonchev–Trinajstić information content (AvgIpc) is 3.03. The Hall–Kier alpha value is -2.84. The van der Waals surface area contributed by atoms with Crippen molar-refractivity contribution in [2.45, 2.75) is 87.5 Å². The van der Waals surface area contributed by atoms with E-state index in [1.54, 1.807) is 11.8 Å². The summed E-state index contributed by atoms with van der Waals surface area (Å²) in [5, 5.41) is 16.1. The summed E-state index contributed by atoms with van der Waals surface area (Å²) in [6.07, 6.45) is 6.89. The van der Waals surface area contributed by atoms with E-state index in [1.807, 2.05) is 18.2 Å². The number of rotatable bonds is 9. The van der Waals surface area contributed by atoms with Gasteiger partial charge >= 0.3 is 6.03 Å². The summed E-state index contributed by atoms with van der Waals surface area (Å²) in [4.78, 5) is 14.2. The van der Waals surface area contributed by atoms with Gasteiger partial charge in [0.25, 0.3) is 0 Å².